The summed E-state index contributed by atoms with van der Waals surface area (Å²) in [5.74, 6) is 1.36. The molecule has 1 aromatic carbocycles. The standard InChI is InChI=1S/C21H30FN5O.HI/c1-3-24-21(25-9-4-11-27-12-10-23-15-27)26-16(2)18-7-8-20(19(22)13-18)28-14-17-5-6-17;/h7-8,10,12-13,15-17H,3-6,9,11,14H2,1-2H3,(H2,24,25,26);1H. The van der Waals surface area contributed by atoms with Crippen molar-refractivity contribution >= 4 is 29.9 Å². The topological polar surface area (TPSA) is 63.5 Å². The highest BCUT2D eigenvalue weighted by Crippen LogP contribution is 2.30. The summed E-state index contributed by atoms with van der Waals surface area (Å²) >= 11 is 0. The molecule has 1 aliphatic rings. The summed E-state index contributed by atoms with van der Waals surface area (Å²) in [5, 5.41) is 6.59. The molecule has 3 rings (SSSR count). The Kier molecular flexibility index (Phi) is 9.69. The first-order chi connectivity index (χ1) is 13.7. The van der Waals surface area contributed by atoms with E-state index in [2.05, 4.69) is 20.6 Å². The Labute approximate surface area is 189 Å². The van der Waals surface area contributed by atoms with Gasteiger partial charge in [-0.15, -0.1) is 24.0 Å². The Hall–Kier alpha value is -1.84. The van der Waals surface area contributed by atoms with E-state index in [1.54, 1.807) is 18.3 Å². The fourth-order valence-corrected chi connectivity index (χ4v) is 2.87. The van der Waals surface area contributed by atoms with E-state index in [1.807, 2.05) is 37.0 Å². The van der Waals surface area contributed by atoms with Crippen LogP contribution in [0.3, 0.4) is 0 Å². The molecule has 1 unspecified atom stereocenters. The normalized spacial score (nSPS) is 14.8. The lowest BCUT2D eigenvalue weighted by atomic mass is 10.1. The van der Waals surface area contributed by atoms with Crippen molar-refractivity contribution in [2.24, 2.45) is 10.9 Å². The van der Waals surface area contributed by atoms with Crippen LogP contribution in [0.1, 0.15) is 44.7 Å². The minimum absolute atomic E-state index is 0. The van der Waals surface area contributed by atoms with Gasteiger partial charge in [0.05, 0.1) is 19.0 Å². The Morgan fingerprint density at radius 2 is 2.24 bits per heavy atom. The van der Waals surface area contributed by atoms with Crippen LogP contribution < -0.4 is 15.4 Å². The van der Waals surface area contributed by atoms with Crippen molar-refractivity contribution in [1.82, 2.24) is 20.2 Å². The molecule has 8 heteroatoms. The first kappa shape index (κ1) is 23.4. The number of imidazole rings is 1. The number of aliphatic imine (C=N–C) groups is 1. The molecule has 1 aliphatic carbocycles. The van der Waals surface area contributed by atoms with Gasteiger partial charge < -0.3 is 19.9 Å². The van der Waals surface area contributed by atoms with Crippen LogP contribution in [0.15, 0.2) is 41.9 Å². The second kappa shape index (κ2) is 12.0. The molecule has 0 radical (unpaired) electrons. The van der Waals surface area contributed by atoms with Crippen molar-refractivity contribution in [1.29, 1.82) is 0 Å². The highest BCUT2D eigenvalue weighted by atomic mass is 127. The zero-order valence-electron chi connectivity index (χ0n) is 17.1. The van der Waals surface area contributed by atoms with Crippen molar-refractivity contribution in [3.63, 3.8) is 0 Å². The molecule has 160 valence electrons. The van der Waals surface area contributed by atoms with Crippen LogP contribution in [0.5, 0.6) is 5.75 Å². The number of ether oxygens (including phenoxy) is 1. The molecule has 29 heavy (non-hydrogen) atoms. The second-order valence-electron chi connectivity index (χ2n) is 7.22. The first-order valence-electron chi connectivity index (χ1n) is 10.1. The van der Waals surface area contributed by atoms with E-state index in [0.717, 1.165) is 31.0 Å². The van der Waals surface area contributed by atoms with E-state index < -0.39 is 0 Å². The highest BCUT2D eigenvalue weighted by molar-refractivity contribution is 14.0. The molecule has 2 N–H and O–H groups in total. The van der Waals surface area contributed by atoms with Crippen LogP contribution >= 0.6 is 24.0 Å². The van der Waals surface area contributed by atoms with E-state index in [0.29, 0.717) is 24.8 Å². The molecular formula is C21H31FIN5O. The average molecular weight is 515 g/mol. The molecule has 1 fully saturated rings. The summed E-state index contributed by atoms with van der Waals surface area (Å²) in [6.45, 7) is 6.98. The number of rotatable bonds is 10. The minimum atomic E-state index is -0.311. The molecule has 1 saturated carbocycles. The Morgan fingerprint density at radius 3 is 2.90 bits per heavy atom. The minimum Gasteiger partial charge on any atom is -0.490 e. The van der Waals surface area contributed by atoms with Crippen LogP contribution in [0, 0.1) is 11.7 Å². The Morgan fingerprint density at radius 1 is 1.41 bits per heavy atom. The van der Waals surface area contributed by atoms with Gasteiger partial charge in [-0.25, -0.2) is 9.37 Å². The van der Waals surface area contributed by atoms with E-state index >= 15 is 0 Å². The fraction of sp³-hybridized carbons (Fsp3) is 0.524. The van der Waals surface area contributed by atoms with Crippen molar-refractivity contribution in [3.8, 4) is 5.75 Å². The van der Waals surface area contributed by atoms with Gasteiger partial charge >= 0.3 is 0 Å². The second-order valence-corrected chi connectivity index (χ2v) is 7.22. The first-order valence-corrected chi connectivity index (χ1v) is 10.1. The summed E-state index contributed by atoms with van der Waals surface area (Å²) in [6, 6.07) is 5.10. The molecule has 0 bridgehead atoms. The molecular weight excluding hydrogens is 484 g/mol. The predicted molar refractivity (Wildman–Crippen MR) is 124 cm³/mol. The largest absolute Gasteiger partial charge is 0.490 e. The summed E-state index contributed by atoms with van der Waals surface area (Å²) in [7, 11) is 0. The quantitative estimate of drug-likeness (QED) is 0.216. The van der Waals surface area contributed by atoms with Crippen molar-refractivity contribution in [2.45, 2.75) is 45.7 Å². The smallest absolute Gasteiger partial charge is 0.191 e. The summed E-state index contributed by atoms with van der Waals surface area (Å²) in [6.07, 6.45) is 8.83. The number of nitrogens with zero attached hydrogens (tertiary/aromatic N) is 3. The van der Waals surface area contributed by atoms with Gasteiger partial charge in [-0.05, 0) is 56.7 Å². The molecule has 6 nitrogen and oxygen atoms in total. The van der Waals surface area contributed by atoms with Crippen molar-refractivity contribution in [2.75, 3.05) is 19.7 Å². The maximum Gasteiger partial charge on any atom is 0.191 e. The van der Waals surface area contributed by atoms with Crippen molar-refractivity contribution < 1.29 is 9.13 Å². The van der Waals surface area contributed by atoms with Gasteiger partial charge in [0.25, 0.3) is 0 Å². The zero-order chi connectivity index (χ0) is 19.8. The maximum absolute atomic E-state index is 14.3. The molecule has 1 heterocycles. The van der Waals surface area contributed by atoms with E-state index in [9.17, 15) is 4.39 Å². The number of nitrogens with one attached hydrogen (secondary N) is 2. The maximum atomic E-state index is 14.3. The summed E-state index contributed by atoms with van der Waals surface area (Å²) in [4.78, 5) is 8.65. The monoisotopic (exact) mass is 515 g/mol. The third-order valence-electron chi connectivity index (χ3n) is 4.73. The number of benzene rings is 1. The lowest BCUT2D eigenvalue weighted by Crippen LogP contribution is -2.38. The molecule has 0 spiro atoms. The van der Waals surface area contributed by atoms with Gasteiger partial charge in [0.15, 0.2) is 17.5 Å². The highest BCUT2D eigenvalue weighted by Gasteiger charge is 2.22. The number of aryl methyl sites for hydroxylation is 1. The van der Waals surface area contributed by atoms with Gasteiger partial charge in [0.2, 0.25) is 0 Å². The van der Waals surface area contributed by atoms with Gasteiger partial charge in [0.1, 0.15) is 0 Å². The average Bonchev–Trinajstić information content (AvgIpc) is 3.37. The van der Waals surface area contributed by atoms with Crippen LogP contribution in [0.2, 0.25) is 0 Å². The Balaban J connectivity index is 0.00000300. The number of hydrogen-bond donors (Lipinski definition) is 2. The third-order valence-corrected chi connectivity index (χ3v) is 4.73. The molecule has 0 aliphatic heterocycles. The van der Waals surface area contributed by atoms with Crippen LogP contribution in [-0.4, -0.2) is 35.2 Å². The zero-order valence-corrected chi connectivity index (χ0v) is 19.4. The molecule has 1 atom stereocenters. The molecule has 0 amide bonds. The molecule has 2 aromatic rings. The summed E-state index contributed by atoms with van der Waals surface area (Å²) < 4.78 is 22.0. The van der Waals surface area contributed by atoms with Crippen LogP contribution in [0.4, 0.5) is 4.39 Å². The van der Waals surface area contributed by atoms with E-state index in [4.69, 9.17) is 4.74 Å². The van der Waals surface area contributed by atoms with Gasteiger partial charge in [-0.1, -0.05) is 6.07 Å². The predicted octanol–water partition coefficient (Wildman–Crippen LogP) is 4.14. The number of aromatic nitrogens is 2. The van der Waals surface area contributed by atoms with E-state index in [1.165, 1.54) is 12.8 Å². The van der Waals surface area contributed by atoms with Crippen molar-refractivity contribution in [3.05, 3.63) is 48.3 Å². The SMILES string of the molecule is CCNC(=NCCCn1ccnc1)NC(C)c1ccc(OCC2CC2)c(F)c1.I. The van der Waals surface area contributed by atoms with Crippen LogP contribution in [-0.2, 0) is 6.54 Å². The number of guanidine groups is 1. The van der Waals surface area contributed by atoms with Gasteiger partial charge in [0, 0.05) is 32.0 Å². The summed E-state index contributed by atoms with van der Waals surface area (Å²) in [5.41, 5.74) is 0.861. The fourth-order valence-electron chi connectivity index (χ4n) is 2.87. The number of halogens is 2. The van der Waals surface area contributed by atoms with Crippen LogP contribution in [0.25, 0.3) is 0 Å². The number of hydrogen-bond acceptors (Lipinski definition) is 3. The Bertz CT molecular complexity index is 764. The van der Waals surface area contributed by atoms with Gasteiger partial charge in [-0.3, -0.25) is 4.99 Å². The van der Waals surface area contributed by atoms with E-state index in [-0.39, 0.29) is 35.8 Å². The third kappa shape index (κ3) is 7.83. The molecule has 0 saturated heterocycles. The lowest BCUT2D eigenvalue weighted by Gasteiger charge is -2.19. The lowest BCUT2D eigenvalue weighted by molar-refractivity contribution is 0.285. The molecule has 1 aromatic heterocycles. The van der Waals surface area contributed by atoms with Gasteiger partial charge in [-0.2, -0.15) is 0 Å².